The van der Waals surface area contributed by atoms with Crippen LogP contribution in [0, 0.1) is 0 Å². The van der Waals surface area contributed by atoms with Gasteiger partial charge in [-0.3, -0.25) is 4.79 Å². The van der Waals surface area contributed by atoms with Gasteiger partial charge in [-0.2, -0.15) is 5.10 Å². The highest BCUT2D eigenvalue weighted by Gasteiger charge is 2.10. The lowest BCUT2D eigenvalue weighted by Gasteiger charge is -2.03. The van der Waals surface area contributed by atoms with Gasteiger partial charge in [0.1, 0.15) is 11.5 Å². The van der Waals surface area contributed by atoms with Gasteiger partial charge >= 0.3 is 0 Å². The molecule has 0 fully saturated rings. The van der Waals surface area contributed by atoms with E-state index < -0.39 is 5.91 Å². The molecule has 0 aliphatic heterocycles. The third kappa shape index (κ3) is 3.27. The predicted molar refractivity (Wildman–Crippen MR) is 76.3 cm³/mol. The molecule has 6 heteroatoms. The molecule has 3 N–H and O–H groups in total. The minimum atomic E-state index is -0.600. The largest absolute Gasteiger partial charge is 0.507 e. The number of amides is 1. The highest BCUT2D eigenvalue weighted by molar-refractivity contribution is 6.31. The lowest BCUT2D eigenvalue weighted by Crippen LogP contribution is -2.17. The van der Waals surface area contributed by atoms with Crippen molar-refractivity contribution in [1.82, 2.24) is 5.43 Å². The van der Waals surface area contributed by atoms with Gasteiger partial charge in [-0.05, 0) is 30.3 Å². The van der Waals surface area contributed by atoms with Crippen molar-refractivity contribution in [3.05, 3.63) is 58.6 Å². The van der Waals surface area contributed by atoms with Crippen LogP contribution in [0.3, 0.4) is 0 Å². The van der Waals surface area contributed by atoms with Crippen molar-refractivity contribution in [2.75, 3.05) is 0 Å². The molecule has 0 radical (unpaired) electrons. The molecular weight excluding hydrogens is 280 g/mol. The number of carbonyl (C=O) groups excluding carboxylic acids is 1. The van der Waals surface area contributed by atoms with Crippen LogP contribution in [0.5, 0.6) is 11.5 Å². The molecule has 0 aromatic heterocycles. The second-order valence-electron chi connectivity index (χ2n) is 3.92. The lowest BCUT2D eigenvalue weighted by molar-refractivity contribution is 0.0952. The van der Waals surface area contributed by atoms with Crippen LogP contribution in [0.4, 0.5) is 0 Å². The zero-order valence-corrected chi connectivity index (χ0v) is 11.0. The maximum absolute atomic E-state index is 11.8. The number of rotatable bonds is 3. The van der Waals surface area contributed by atoms with Crippen molar-refractivity contribution in [2.45, 2.75) is 0 Å². The smallest absolute Gasteiger partial charge is 0.275 e. The van der Waals surface area contributed by atoms with Gasteiger partial charge in [0.05, 0.1) is 11.8 Å². The molecule has 0 saturated carbocycles. The summed E-state index contributed by atoms with van der Waals surface area (Å²) in [6.45, 7) is 0. The number of hydrazone groups is 1. The van der Waals surface area contributed by atoms with Gasteiger partial charge in [-0.25, -0.2) is 5.43 Å². The summed E-state index contributed by atoms with van der Waals surface area (Å²) >= 11 is 5.75. The molecule has 102 valence electrons. The first-order valence-electron chi connectivity index (χ1n) is 5.68. The van der Waals surface area contributed by atoms with E-state index in [0.29, 0.717) is 10.6 Å². The van der Waals surface area contributed by atoms with Crippen LogP contribution < -0.4 is 5.43 Å². The average Bonchev–Trinajstić information content (AvgIpc) is 2.43. The summed E-state index contributed by atoms with van der Waals surface area (Å²) in [5.41, 5.74) is 2.72. The Labute approximate surface area is 120 Å². The molecule has 5 nitrogen and oxygen atoms in total. The lowest BCUT2D eigenvalue weighted by atomic mass is 10.2. The Morgan fingerprint density at radius 1 is 1.15 bits per heavy atom. The molecule has 2 rings (SSSR count). The summed E-state index contributed by atoms with van der Waals surface area (Å²) in [6, 6.07) is 10.7. The number of hydrogen-bond donors (Lipinski definition) is 3. The second-order valence-corrected chi connectivity index (χ2v) is 4.36. The number of benzene rings is 2. The first-order valence-corrected chi connectivity index (χ1v) is 6.05. The van der Waals surface area contributed by atoms with Crippen molar-refractivity contribution < 1.29 is 15.0 Å². The summed E-state index contributed by atoms with van der Waals surface area (Å²) in [5, 5.41) is 23.1. The van der Waals surface area contributed by atoms with Crippen LogP contribution >= 0.6 is 11.6 Å². The molecule has 0 atom stereocenters. The van der Waals surface area contributed by atoms with Gasteiger partial charge in [0, 0.05) is 10.6 Å². The Morgan fingerprint density at radius 2 is 1.90 bits per heavy atom. The number of aromatic hydroxyl groups is 2. The van der Waals surface area contributed by atoms with Crippen LogP contribution in [0.2, 0.25) is 5.02 Å². The van der Waals surface area contributed by atoms with E-state index in [-0.39, 0.29) is 17.1 Å². The van der Waals surface area contributed by atoms with Crippen LogP contribution in [0.1, 0.15) is 15.9 Å². The fraction of sp³-hybridized carbons (Fsp3) is 0. The van der Waals surface area contributed by atoms with Crippen molar-refractivity contribution in [3.8, 4) is 11.5 Å². The van der Waals surface area contributed by atoms with Gasteiger partial charge in [0.25, 0.3) is 5.91 Å². The van der Waals surface area contributed by atoms with Crippen molar-refractivity contribution in [2.24, 2.45) is 5.10 Å². The number of nitrogens with one attached hydrogen (secondary N) is 1. The normalized spacial score (nSPS) is 10.7. The molecule has 0 saturated heterocycles. The second kappa shape index (κ2) is 6.08. The van der Waals surface area contributed by atoms with E-state index in [1.165, 1.54) is 30.5 Å². The van der Waals surface area contributed by atoms with E-state index in [9.17, 15) is 15.0 Å². The quantitative estimate of drug-likeness (QED) is 0.600. The summed E-state index contributed by atoms with van der Waals surface area (Å²) in [6.07, 6.45) is 1.30. The molecule has 2 aromatic rings. The average molecular weight is 291 g/mol. The molecule has 1 amide bonds. The zero-order chi connectivity index (χ0) is 14.5. The fourth-order valence-corrected chi connectivity index (χ4v) is 1.68. The number of phenols is 2. The van der Waals surface area contributed by atoms with E-state index in [0.717, 1.165) is 0 Å². The molecule has 0 spiro atoms. The van der Waals surface area contributed by atoms with Gasteiger partial charge in [-0.15, -0.1) is 0 Å². The summed E-state index contributed by atoms with van der Waals surface area (Å²) in [5.74, 6) is -0.738. The molecule has 0 aliphatic rings. The highest BCUT2D eigenvalue weighted by atomic mass is 35.5. The minimum absolute atomic E-state index is 0.0203. The Bertz CT molecular complexity index is 671. The zero-order valence-electron chi connectivity index (χ0n) is 10.2. The Morgan fingerprint density at radius 3 is 2.65 bits per heavy atom. The highest BCUT2D eigenvalue weighted by Crippen LogP contribution is 2.21. The molecule has 0 aliphatic carbocycles. The van der Waals surface area contributed by atoms with Crippen molar-refractivity contribution in [3.63, 3.8) is 0 Å². The minimum Gasteiger partial charge on any atom is -0.507 e. The van der Waals surface area contributed by atoms with E-state index in [1.54, 1.807) is 18.2 Å². The third-order valence-electron chi connectivity index (χ3n) is 2.51. The Kier molecular flexibility index (Phi) is 4.22. The summed E-state index contributed by atoms with van der Waals surface area (Å²) in [7, 11) is 0. The van der Waals surface area contributed by atoms with E-state index in [1.807, 2.05) is 0 Å². The van der Waals surface area contributed by atoms with Crippen LogP contribution in [-0.4, -0.2) is 22.3 Å². The number of nitrogens with zero attached hydrogens (tertiary/aromatic N) is 1. The van der Waals surface area contributed by atoms with Crippen LogP contribution in [0.25, 0.3) is 0 Å². The molecule has 0 heterocycles. The number of halogens is 1. The molecular formula is C14H11ClN2O3. The van der Waals surface area contributed by atoms with Gasteiger partial charge in [0.15, 0.2) is 0 Å². The first-order chi connectivity index (χ1) is 9.58. The maximum atomic E-state index is 11.8. The first kappa shape index (κ1) is 13.9. The number of para-hydroxylation sites is 1. The predicted octanol–water partition coefficient (Wildman–Crippen LogP) is 2.52. The van der Waals surface area contributed by atoms with E-state index in [4.69, 9.17) is 11.6 Å². The van der Waals surface area contributed by atoms with Crippen LogP contribution in [0.15, 0.2) is 47.6 Å². The topological polar surface area (TPSA) is 81.9 Å². The molecule has 20 heavy (non-hydrogen) atoms. The monoisotopic (exact) mass is 290 g/mol. The third-order valence-corrected chi connectivity index (χ3v) is 2.74. The van der Waals surface area contributed by atoms with Gasteiger partial charge in [-0.1, -0.05) is 23.7 Å². The van der Waals surface area contributed by atoms with Crippen LogP contribution in [-0.2, 0) is 0 Å². The fourth-order valence-electron chi connectivity index (χ4n) is 1.51. The van der Waals surface area contributed by atoms with Gasteiger partial charge < -0.3 is 10.2 Å². The number of phenolic OH excluding ortho intramolecular Hbond substituents is 2. The Balaban J connectivity index is 2.09. The van der Waals surface area contributed by atoms with Crippen molar-refractivity contribution >= 4 is 23.7 Å². The molecule has 0 unspecified atom stereocenters. The van der Waals surface area contributed by atoms with E-state index >= 15 is 0 Å². The SMILES string of the molecule is O=C(N/N=C/c1ccccc1O)c1cc(Cl)ccc1O. The molecule has 0 bridgehead atoms. The van der Waals surface area contributed by atoms with E-state index in [2.05, 4.69) is 10.5 Å². The van der Waals surface area contributed by atoms with Gasteiger partial charge in [0.2, 0.25) is 0 Å². The molecule has 2 aromatic carbocycles. The summed E-state index contributed by atoms with van der Waals surface area (Å²) < 4.78 is 0. The maximum Gasteiger partial charge on any atom is 0.275 e. The van der Waals surface area contributed by atoms with Crippen molar-refractivity contribution in [1.29, 1.82) is 0 Å². The number of carbonyl (C=O) groups is 1. The summed E-state index contributed by atoms with van der Waals surface area (Å²) in [4.78, 5) is 11.8. The standard InChI is InChI=1S/C14H11ClN2O3/c15-10-5-6-13(19)11(7-10)14(20)17-16-8-9-3-1-2-4-12(9)18/h1-8,18-19H,(H,17,20)/b16-8+. The Hall–Kier alpha value is -2.53. The number of hydrogen-bond acceptors (Lipinski definition) is 4.